The van der Waals surface area contributed by atoms with Gasteiger partial charge in [0.05, 0.1) is 6.61 Å². The van der Waals surface area contributed by atoms with Crippen LogP contribution in [0.25, 0.3) is 6.08 Å². The average Bonchev–Trinajstić information content (AvgIpc) is 2.27. The Morgan fingerprint density at radius 3 is 2.94 bits per heavy atom. The average molecular weight is 237 g/mol. The van der Waals surface area contributed by atoms with Crippen molar-refractivity contribution in [3.63, 3.8) is 0 Å². The third-order valence-electron chi connectivity index (χ3n) is 1.74. The summed E-state index contributed by atoms with van der Waals surface area (Å²) in [6.07, 6.45) is 5.64. The molecule has 0 spiro atoms. The topological polar surface area (TPSA) is 39.2 Å². The Labute approximate surface area is 99.9 Å². The second-order valence-corrected chi connectivity index (χ2v) is 4.26. The van der Waals surface area contributed by atoms with E-state index in [0.717, 1.165) is 5.56 Å². The van der Waals surface area contributed by atoms with Crippen LogP contribution in [0.3, 0.4) is 0 Å². The molecule has 0 radical (unpaired) electrons. The van der Waals surface area contributed by atoms with Crippen LogP contribution in [0.1, 0.15) is 19.4 Å². The molecule has 1 aromatic heterocycles. The van der Waals surface area contributed by atoms with Crippen molar-refractivity contribution in [2.75, 3.05) is 12.4 Å². The Balaban J connectivity index is 2.45. The zero-order valence-corrected chi connectivity index (χ0v) is 10.3. The smallest absolute Gasteiger partial charge is 0.213 e. The molecule has 0 saturated heterocycles. The minimum atomic E-state index is 0.134. The lowest BCUT2D eigenvalue weighted by molar-refractivity contribution is -0.109. The summed E-state index contributed by atoms with van der Waals surface area (Å²) in [7, 11) is 0. The van der Waals surface area contributed by atoms with E-state index < -0.39 is 0 Å². The van der Waals surface area contributed by atoms with Gasteiger partial charge in [-0.15, -0.1) is 0 Å². The number of pyridine rings is 1. The molecule has 0 N–H and O–H groups in total. The van der Waals surface area contributed by atoms with Gasteiger partial charge < -0.3 is 4.74 Å². The van der Waals surface area contributed by atoms with Crippen molar-refractivity contribution in [3.8, 4) is 5.88 Å². The minimum absolute atomic E-state index is 0.134. The van der Waals surface area contributed by atoms with Crippen molar-refractivity contribution in [2.24, 2.45) is 0 Å². The van der Waals surface area contributed by atoms with Gasteiger partial charge in [-0.1, -0.05) is 23.9 Å². The molecule has 3 nitrogen and oxygen atoms in total. The molecular formula is C12H15NO2S. The van der Waals surface area contributed by atoms with E-state index in [1.807, 2.05) is 31.2 Å². The van der Waals surface area contributed by atoms with E-state index in [1.165, 1.54) is 11.8 Å². The molecule has 4 heteroatoms. The van der Waals surface area contributed by atoms with E-state index in [0.29, 0.717) is 18.2 Å². The third-order valence-corrected chi connectivity index (χ3v) is 2.51. The van der Waals surface area contributed by atoms with Crippen LogP contribution in [0, 0.1) is 0 Å². The molecule has 0 bridgehead atoms. The first-order chi connectivity index (χ1) is 7.72. The van der Waals surface area contributed by atoms with Crippen molar-refractivity contribution in [1.82, 2.24) is 4.98 Å². The van der Waals surface area contributed by atoms with Gasteiger partial charge in [-0.2, -0.15) is 0 Å². The Morgan fingerprint density at radius 2 is 2.38 bits per heavy atom. The molecule has 16 heavy (non-hydrogen) atoms. The zero-order valence-electron chi connectivity index (χ0n) is 9.47. The molecule has 0 atom stereocenters. The SMILES string of the molecule is CCOc1ccc(C=CCSC(C)=O)cn1. The van der Waals surface area contributed by atoms with E-state index >= 15 is 0 Å². The van der Waals surface area contributed by atoms with Gasteiger partial charge >= 0.3 is 0 Å². The molecule has 1 heterocycles. The summed E-state index contributed by atoms with van der Waals surface area (Å²) in [5, 5.41) is 0.134. The van der Waals surface area contributed by atoms with Gasteiger partial charge in [0.15, 0.2) is 5.12 Å². The van der Waals surface area contributed by atoms with Gasteiger partial charge in [-0.25, -0.2) is 4.98 Å². The summed E-state index contributed by atoms with van der Waals surface area (Å²) < 4.78 is 5.23. The Morgan fingerprint density at radius 1 is 1.56 bits per heavy atom. The standard InChI is InChI=1S/C12H15NO2S/c1-3-15-12-7-6-11(9-13-12)5-4-8-16-10(2)14/h4-7,9H,3,8H2,1-2H3. The van der Waals surface area contributed by atoms with Gasteiger partial charge in [0.25, 0.3) is 0 Å². The zero-order chi connectivity index (χ0) is 11.8. The number of carbonyl (C=O) groups is 1. The van der Waals surface area contributed by atoms with Crippen LogP contribution in [0.4, 0.5) is 0 Å². The molecule has 0 fully saturated rings. The fourth-order valence-electron chi connectivity index (χ4n) is 1.07. The third kappa shape index (κ3) is 4.98. The van der Waals surface area contributed by atoms with Gasteiger partial charge in [0.1, 0.15) is 0 Å². The molecule has 0 saturated carbocycles. The highest BCUT2D eigenvalue weighted by Crippen LogP contribution is 2.09. The van der Waals surface area contributed by atoms with Crippen LogP contribution >= 0.6 is 11.8 Å². The summed E-state index contributed by atoms with van der Waals surface area (Å²) >= 11 is 1.29. The molecule has 0 amide bonds. The largest absolute Gasteiger partial charge is 0.478 e. The first-order valence-corrected chi connectivity index (χ1v) is 6.09. The van der Waals surface area contributed by atoms with Crippen LogP contribution in [0.2, 0.25) is 0 Å². The van der Waals surface area contributed by atoms with Crippen LogP contribution in [0.5, 0.6) is 5.88 Å². The highest BCUT2D eigenvalue weighted by Gasteiger charge is 1.93. The van der Waals surface area contributed by atoms with Crippen LogP contribution in [-0.2, 0) is 4.79 Å². The van der Waals surface area contributed by atoms with Crippen molar-refractivity contribution in [2.45, 2.75) is 13.8 Å². The molecule has 86 valence electrons. The summed E-state index contributed by atoms with van der Waals surface area (Å²) in [5.74, 6) is 1.33. The minimum Gasteiger partial charge on any atom is -0.478 e. The summed E-state index contributed by atoms with van der Waals surface area (Å²) in [5.41, 5.74) is 1.01. The van der Waals surface area contributed by atoms with Gasteiger partial charge in [-0.05, 0) is 18.6 Å². The van der Waals surface area contributed by atoms with Crippen molar-refractivity contribution < 1.29 is 9.53 Å². The highest BCUT2D eigenvalue weighted by atomic mass is 32.2. The van der Waals surface area contributed by atoms with Crippen molar-refractivity contribution in [3.05, 3.63) is 30.0 Å². The van der Waals surface area contributed by atoms with E-state index in [4.69, 9.17) is 4.74 Å². The van der Waals surface area contributed by atoms with Crippen LogP contribution in [0.15, 0.2) is 24.4 Å². The Hall–Kier alpha value is -1.29. The summed E-state index contributed by atoms with van der Waals surface area (Å²) in [4.78, 5) is 14.8. The van der Waals surface area contributed by atoms with Crippen molar-refractivity contribution in [1.29, 1.82) is 0 Å². The lowest BCUT2D eigenvalue weighted by atomic mass is 10.2. The maximum absolute atomic E-state index is 10.7. The van der Waals surface area contributed by atoms with Gasteiger partial charge in [-0.3, -0.25) is 4.79 Å². The first-order valence-electron chi connectivity index (χ1n) is 5.11. The molecule has 0 aliphatic heterocycles. The monoisotopic (exact) mass is 237 g/mol. The maximum atomic E-state index is 10.7. The van der Waals surface area contributed by atoms with Crippen LogP contribution in [-0.4, -0.2) is 22.5 Å². The highest BCUT2D eigenvalue weighted by molar-refractivity contribution is 8.13. The van der Waals surface area contributed by atoms with Crippen LogP contribution < -0.4 is 4.74 Å². The molecule has 0 aliphatic carbocycles. The van der Waals surface area contributed by atoms with Gasteiger partial charge in [0, 0.05) is 24.9 Å². The fraction of sp³-hybridized carbons (Fsp3) is 0.333. The molecular weight excluding hydrogens is 222 g/mol. The Bertz CT molecular complexity index is 360. The first kappa shape index (κ1) is 12.8. The number of aromatic nitrogens is 1. The summed E-state index contributed by atoms with van der Waals surface area (Å²) in [6.45, 7) is 4.11. The fourth-order valence-corrected chi connectivity index (χ4v) is 1.50. The van der Waals surface area contributed by atoms with E-state index in [2.05, 4.69) is 4.98 Å². The number of thioether (sulfide) groups is 1. The molecule has 0 unspecified atom stereocenters. The number of nitrogens with zero attached hydrogens (tertiary/aromatic N) is 1. The lowest BCUT2D eigenvalue weighted by Gasteiger charge is -2.00. The molecule has 0 aliphatic rings. The lowest BCUT2D eigenvalue weighted by Crippen LogP contribution is -1.93. The second kappa shape index (κ2) is 7.06. The number of hydrogen-bond donors (Lipinski definition) is 0. The van der Waals surface area contributed by atoms with Crippen molar-refractivity contribution >= 4 is 23.0 Å². The van der Waals surface area contributed by atoms with Gasteiger partial charge in [0.2, 0.25) is 5.88 Å². The Kier molecular flexibility index (Phi) is 5.64. The number of rotatable bonds is 5. The van der Waals surface area contributed by atoms with E-state index in [1.54, 1.807) is 13.1 Å². The predicted molar refractivity (Wildman–Crippen MR) is 67.6 cm³/mol. The summed E-state index contributed by atoms with van der Waals surface area (Å²) in [6, 6.07) is 3.77. The molecule has 0 aromatic carbocycles. The van der Waals surface area contributed by atoms with E-state index in [9.17, 15) is 4.79 Å². The molecule has 1 aromatic rings. The maximum Gasteiger partial charge on any atom is 0.213 e. The molecule has 1 rings (SSSR count). The predicted octanol–water partition coefficient (Wildman–Crippen LogP) is 2.77. The number of carbonyl (C=O) groups excluding carboxylic acids is 1. The normalized spacial score (nSPS) is 10.6. The number of ether oxygens (including phenoxy) is 1. The number of hydrogen-bond acceptors (Lipinski definition) is 4. The second-order valence-electron chi connectivity index (χ2n) is 3.07. The van der Waals surface area contributed by atoms with E-state index in [-0.39, 0.29) is 5.12 Å². The quantitative estimate of drug-likeness (QED) is 0.789.